The van der Waals surface area contributed by atoms with Crippen molar-refractivity contribution in [3.63, 3.8) is 0 Å². The fourth-order valence-electron chi connectivity index (χ4n) is 5.16. The van der Waals surface area contributed by atoms with Gasteiger partial charge in [-0.25, -0.2) is 8.78 Å². The van der Waals surface area contributed by atoms with E-state index in [4.69, 9.17) is 9.05 Å². The molecule has 10 heteroatoms. The summed E-state index contributed by atoms with van der Waals surface area (Å²) in [5.74, 6) is 1.15. The van der Waals surface area contributed by atoms with Crippen LogP contribution >= 0.6 is 0 Å². The van der Waals surface area contributed by atoms with E-state index in [-0.39, 0.29) is 11.5 Å². The van der Waals surface area contributed by atoms with Gasteiger partial charge in [0.25, 0.3) is 0 Å². The number of halogens is 2. The van der Waals surface area contributed by atoms with E-state index in [9.17, 15) is 19.0 Å². The monoisotopic (exact) mass is 568 g/mol. The highest BCUT2D eigenvalue weighted by atomic mass is 19.1. The number of nitrogens with one attached hydrogen (secondary N) is 2. The molecule has 42 heavy (non-hydrogen) atoms. The normalized spacial score (nSPS) is 12.8. The molecule has 2 atom stereocenters. The number of phenolic OH excluding ortho intramolecular Hbond substituents is 2. The molecule has 8 nitrogen and oxygen atoms in total. The maximum atomic E-state index is 13.9. The van der Waals surface area contributed by atoms with Crippen molar-refractivity contribution in [2.45, 2.75) is 25.9 Å². The Balaban J connectivity index is 1.56. The Labute approximate surface area is 239 Å². The summed E-state index contributed by atoms with van der Waals surface area (Å²) in [4.78, 5) is 0. The van der Waals surface area contributed by atoms with Crippen LogP contribution in [0.15, 0.2) is 94.0 Å². The number of rotatable bonds is 8. The van der Waals surface area contributed by atoms with E-state index in [1.807, 2.05) is 0 Å². The Kier molecular flexibility index (Phi) is 6.95. The maximum absolute atomic E-state index is 13.9. The number of aryl methyl sites for hydroxylation is 2. The van der Waals surface area contributed by atoms with Crippen molar-refractivity contribution in [3.05, 3.63) is 130 Å². The highest BCUT2D eigenvalue weighted by Crippen LogP contribution is 2.44. The maximum Gasteiger partial charge on any atom is 0.170 e. The molecule has 0 aliphatic rings. The van der Waals surface area contributed by atoms with Crippen LogP contribution in [0.2, 0.25) is 0 Å². The van der Waals surface area contributed by atoms with E-state index in [1.54, 1.807) is 62.4 Å². The molecular weight excluding hydrogens is 542 g/mol. The Morgan fingerprint density at radius 2 is 0.976 bits per heavy atom. The summed E-state index contributed by atoms with van der Waals surface area (Å²) in [5, 5.41) is 38.4. The average molecular weight is 569 g/mol. The first-order chi connectivity index (χ1) is 20.3. The Bertz CT molecular complexity index is 1730. The van der Waals surface area contributed by atoms with Crippen LogP contribution in [0, 0.1) is 25.5 Å². The van der Waals surface area contributed by atoms with Gasteiger partial charge in [-0.1, -0.05) is 46.7 Å². The minimum atomic E-state index is -0.688. The first kappa shape index (κ1) is 26.8. The Hall–Kier alpha value is -5.38. The van der Waals surface area contributed by atoms with Gasteiger partial charge in [0, 0.05) is 23.3 Å². The summed E-state index contributed by atoms with van der Waals surface area (Å²) < 4.78 is 38.3. The number of hydrogen-bond donors (Lipinski definition) is 4. The first-order valence-electron chi connectivity index (χ1n) is 13.1. The van der Waals surface area contributed by atoms with E-state index in [2.05, 4.69) is 20.9 Å². The molecular formula is C32H26F2N4O4. The molecule has 0 aliphatic heterocycles. The summed E-state index contributed by atoms with van der Waals surface area (Å²) in [6.07, 6.45) is 0. The van der Waals surface area contributed by atoms with Gasteiger partial charge in [-0.3, -0.25) is 0 Å². The van der Waals surface area contributed by atoms with Gasteiger partial charge in [0.15, 0.2) is 11.6 Å². The molecule has 0 spiro atoms. The number of phenols is 2. The third-order valence-corrected chi connectivity index (χ3v) is 7.06. The third-order valence-electron chi connectivity index (χ3n) is 7.06. The van der Waals surface area contributed by atoms with Crippen molar-refractivity contribution in [2.24, 2.45) is 0 Å². The van der Waals surface area contributed by atoms with Crippen LogP contribution in [0.25, 0.3) is 10.8 Å². The zero-order valence-corrected chi connectivity index (χ0v) is 22.6. The minimum absolute atomic E-state index is 0.0281. The van der Waals surface area contributed by atoms with E-state index in [1.165, 1.54) is 36.4 Å². The van der Waals surface area contributed by atoms with Gasteiger partial charge in [0.2, 0.25) is 0 Å². The second-order valence-corrected chi connectivity index (χ2v) is 10.00. The van der Waals surface area contributed by atoms with Gasteiger partial charge in [-0.15, -0.1) is 0 Å². The summed E-state index contributed by atoms with van der Waals surface area (Å²) in [6.45, 7) is 3.52. The van der Waals surface area contributed by atoms with Crippen LogP contribution in [0.3, 0.4) is 0 Å². The van der Waals surface area contributed by atoms with Crippen LogP contribution in [0.5, 0.6) is 11.5 Å². The van der Waals surface area contributed by atoms with Crippen molar-refractivity contribution in [2.75, 3.05) is 10.6 Å². The molecule has 0 radical (unpaired) electrons. The predicted molar refractivity (Wildman–Crippen MR) is 153 cm³/mol. The molecule has 6 aromatic rings. The summed E-state index contributed by atoms with van der Waals surface area (Å²) in [6, 6.07) is 20.4. The van der Waals surface area contributed by atoms with Gasteiger partial charge in [0.05, 0.1) is 12.1 Å². The molecule has 0 fully saturated rings. The van der Waals surface area contributed by atoms with Gasteiger partial charge in [0.1, 0.15) is 34.7 Å². The number of aromatic nitrogens is 2. The lowest BCUT2D eigenvalue weighted by Crippen LogP contribution is -2.15. The highest BCUT2D eigenvalue weighted by molar-refractivity contribution is 5.94. The molecule has 0 saturated heterocycles. The molecule has 212 valence electrons. The van der Waals surface area contributed by atoms with Crippen LogP contribution in [-0.2, 0) is 0 Å². The van der Waals surface area contributed by atoms with Gasteiger partial charge in [-0.2, -0.15) is 0 Å². The zero-order chi connectivity index (χ0) is 29.4. The number of hydrogen-bond acceptors (Lipinski definition) is 8. The molecule has 0 unspecified atom stereocenters. The Morgan fingerprint density at radius 3 is 1.31 bits per heavy atom. The number of nitrogens with zero attached hydrogens (tertiary/aromatic N) is 2. The van der Waals surface area contributed by atoms with Crippen molar-refractivity contribution < 1.29 is 28.0 Å². The quantitative estimate of drug-likeness (QED) is 0.149. The second kappa shape index (κ2) is 10.9. The average Bonchev–Trinajstić information content (AvgIpc) is 3.59. The first-order valence-corrected chi connectivity index (χ1v) is 13.1. The van der Waals surface area contributed by atoms with E-state index in [0.717, 1.165) is 0 Å². The fraction of sp³-hybridized carbons (Fsp3) is 0.125. The minimum Gasteiger partial charge on any atom is -0.508 e. The molecule has 0 saturated carbocycles. The van der Waals surface area contributed by atoms with E-state index in [0.29, 0.717) is 56.2 Å². The second-order valence-electron chi connectivity index (χ2n) is 10.00. The van der Waals surface area contributed by atoms with Crippen molar-refractivity contribution >= 4 is 22.4 Å². The van der Waals surface area contributed by atoms with Gasteiger partial charge in [-0.05, 0) is 72.1 Å². The van der Waals surface area contributed by atoms with Crippen LogP contribution in [0.4, 0.5) is 20.4 Å². The van der Waals surface area contributed by atoms with Gasteiger partial charge < -0.3 is 29.9 Å². The van der Waals surface area contributed by atoms with Crippen LogP contribution in [0.1, 0.15) is 45.9 Å². The molecule has 2 heterocycles. The van der Waals surface area contributed by atoms with E-state index >= 15 is 0 Å². The molecule has 4 N–H and O–H groups in total. The molecule has 6 rings (SSSR count). The SMILES string of the molecule is Cc1cc(N[C@H](c2ccc(F)cc2)c2c(O)ccc3c([C@H](Nc4cc(C)on4)c4ccc(F)cc4)c(O)ccc23)no1. The molecule has 2 aromatic heterocycles. The third kappa shape index (κ3) is 5.22. The standard InChI is InChI=1S/C32H26F2N4O4/c1-17-15-27(37-41-17)35-31(19-3-7-21(33)8-4-19)29-23-11-14-26(40)30(24(23)12-13-25(29)39)32(20-5-9-22(34)10-6-20)36-28-16-18(2)42-38-28/h3-16,31-32,39-40H,1-2H3,(H,35,37)(H,36,38)/t31-,32-/m1/s1. The molecule has 4 aromatic carbocycles. The lowest BCUT2D eigenvalue weighted by Gasteiger charge is -2.26. The van der Waals surface area contributed by atoms with Crippen molar-refractivity contribution in [3.8, 4) is 11.5 Å². The zero-order valence-electron chi connectivity index (χ0n) is 22.6. The lowest BCUT2D eigenvalue weighted by atomic mass is 9.87. The Morgan fingerprint density at radius 1 is 0.595 bits per heavy atom. The van der Waals surface area contributed by atoms with Crippen LogP contribution in [-0.4, -0.2) is 20.5 Å². The number of benzene rings is 4. The number of fused-ring (bicyclic) bond motifs is 1. The van der Waals surface area contributed by atoms with Crippen molar-refractivity contribution in [1.29, 1.82) is 0 Å². The van der Waals surface area contributed by atoms with Gasteiger partial charge >= 0.3 is 0 Å². The summed E-state index contributed by atoms with van der Waals surface area (Å²) >= 11 is 0. The highest BCUT2D eigenvalue weighted by Gasteiger charge is 2.27. The topological polar surface area (TPSA) is 117 Å². The smallest absolute Gasteiger partial charge is 0.170 e. The predicted octanol–water partition coefficient (Wildman–Crippen LogP) is 7.53. The van der Waals surface area contributed by atoms with Crippen molar-refractivity contribution in [1.82, 2.24) is 10.3 Å². The number of anilines is 2. The summed E-state index contributed by atoms with van der Waals surface area (Å²) in [5.41, 5.74) is 2.24. The largest absolute Gasteiger partial charge is 0.508 e. The molecule has 0 bridgehead atoms. The summed E-state index contributed by atoms with van der Waals surface area (Å²) in [7, 11) is 0. The molecule has 0 aliphatic carbocycles. The van der Waals surface area contributed by atoms with Crippen LogP contribution < -0.4 is 10.6 Å². The fourth-order valence-corrected chi connectivity index (χ4v) is 5.16. The molecule has 0 amide bonds. The lowest BCUT2D eigenvalue weighted by molar-refractivity contribution is 0.399. The van der Waals surface area contributed by atoms with E-state index < -0.39 is 23.7 Å². The number of aromatic hydroxyl groups is 2.